The van der Waals surface area contributed by atoms with Gasteiger partial charge in [0.25, 0.3) is 5.91 Å². The molecular formula is C17H17N3O2. The zero-order chi connectivity index (χ0) is 15.5. The molecule has 0 bridgehead atoms. The summed E-state index contributed by atoms with van der Waals surface area (Å²) in [4.78, 5) is 12.2. The first-order chi connectivity index (χ1) is 10.6. The molecular weight excluding hydrogens is 278 g/mol. The third kappa shape index (κ3) is 2.93. The lowest BCUT2D eigenvalue weighted by atomic mass is 10.1. The predicted molar refractivity (Wildman–Crippen MR) is 83.4 cm³/mol. The number of H-pyrrole nitrogens is 1. The number of benzene rings is 1. The number of aryl methyl sites for hydroxylation is 2. The molecule has 0 aliphatic heterocycles. The Morgan fingerprint density at radius 2 is 2.00 bits per heavy atom. The van der Waals surface area contributed by atoms with Gasteiger partial charge in [0, 0.05) is 17.7 Å². The molecule has 112 valence electrons. The molecule has 5 nitrogen and oxygen atoms in total. The molecule has 2 aromatic heterocycles. The number of carbonyl (C=O) groups is 1. The van der Waals surface area contributed by atoms with E-state index in [1.54, 1.807) is 6.07 Å². The van der Waals surface area contributed by atoms with Gasteiger partial charge in [0.1, 0.15) is 17.2 Å². The van der Waals surface area contributed by atoms with Crippen molar-refractivity contribution in [3.8, 4) is 11.3 Å². The number of furan rings is 1. The highest BCUT2D eigenvalue weighted by molar-refractivity contribution is 5.93. The predicted octanol–water partition coefficient (Wildman–Crippen LogP) is 3.22. The van der Waals surface area contributed by atoms with E-state index in [9.17, 15) is 4.79 Å². The summed E-state index contributed by atoms with van der Waals surface area (Å²) in [5.74, 6) is 1.48. The number of rotatable bonds is 4. The van der Waals surface area contributed by atoms with Gasteiger partial charge in [-0.1, -0.05) is 30.3 Å². The fourth-order valence-corrected chi connectivity index (χ4v) is 2.32. The summed E-state index contributed by atoms with van der Waals surface area (Å²) in [6.07, 6.45) is 0. The Hall–Kier alpha value is -2.82. The standard InChI is InChI=1S/C17H17N3O2/c1-11-8-14(12(2)22-11)10-18-17(21)16-9-15(19-20-16)13-6-4-3-5-7-13/h3-9H,10H2,1-2H3,(H,18,21)(H,19,20). The number of nitrogens with one attached hydrogen (secondary N) is 2. The van der Waals surface area contributed by atoms with Gasteiger partial charge in [0.15, 0.2) is 0 Å². The first-order valence-corrected chi connectivity index (χ1v) is 7.08. The van der Waals surface area contributed by atoms with E-state index in [1.807, 2.05) is 50.2 Å². The Labute approximate surface area is 128 Å². The molecule has 5 heteroatoms. The maximum atomic E-state index is 12.2. The van der Waals surface area contributed by atoms with Crippen LogP contribution in [0.15, 0.2) is 46.9 Å². The van der Waals surface area contributed by atoms with Gasteiger partial charge < -0.3 is 9.73 Å². The fourth-order valence-electron chi connectivity index (χ4n) is 2.32. The smallest absolute Gasteiger partial charge is 0.269 e. The lowest BCUT2D eigenvalue weighted by Crippen LogP contribution is -2.23. The van der Waals surface area contributed by atoms with Crippen LogP contribution in [0.1, 0.15) is 27.6 Å². The molecule has 3 rings (SSSR count). The Morgan fingerprint density at radius 3 is 2.68 bits per heavy atom. The van der Waals surface area contributed by atoms with Gasteiger partial charge in [-0.3, -0.25) is 9.89 Å². The van der Waals surface area contributed by atoms with Gasteiger partial charge in [-0.15, -0.1) is 0 Å². The molecule has 0 unspecified atom stereocenters. The SMILES string of the molecule is Cc1cc(CNC(=O)c2cc(-c3ccccc3)n[nH]2)c(C)o1. The van der Waals surface area contributed by atoms with Crippen LogP contribution in [-0.4, -0.2) is 16.1 Å². The maximum absolute atomic E-state index is 12.2. The van der Waals surface area contributed by atoms with Crippen molar-refractivity contribution in [2.24, 2.45) is 0 Å². The fraction of sp³-hybridized carbons (Fsp3) is 0.176. The van der Waals surface area contributed by atoms with E-state index in [0.29, 0.717) is 12.2 Å². The molecule has 2 heterocycles. The molecule has 0 atom stereocenters. The molecule has 0 saturated carbocycles. The Kier molecular flexibility index (Phi) is 3.78. The van der Waals surface area contributed by atoms with Gasteiger partial charge in [0.2, 0.25) is 0 Å². The highest BCUT2D eigenvalue weighted by atomic mass is 16.3. The van der Waals surface area contributed by atoms with Crippen molar-refractivity contribution in [3.05, 3.63) is 65.2 Å². The molecule has 0 fully saturated rings. The third-order valence-electron chi connectivity index (χ3n) is 3.48. The lowest BCUT2D eigenvalue weighted by Gasteiger charge is -2.01. The highest BCUT2D eigenvalue weighted by Crippen LogP contribution is 2.17. The molecule has 0 radical (unpaired) electrons. The number of hydrogen-bond donors (Lipinski definition) is 2. The van der Waals surface area contributed by atoms with Crippen LogP contribution in [0.5, 0.6) is 0 Å². The van der Waals surface area contributed by atoms with Crippen molar-refractivity contribution >= 4 is 5.91 Å². The topological polar surface area (TPSA) is 70.9 Å². The van der Waals surface area contributed by atoms with Crippen molar-refractivity contribution in [2.75, 3.05) is 0 Å². The Morgan fingerprint density at radius 1 is 1.23 bits per heavy atom. The van der Waals surface area contributed by atoms with E-state index in [0.717, 1.165) is 28.3 Å². The van der Waals surface area contributed by atoms with Crippen molar-refractivity contribution in [1.29, 1.82) is 0 Å². The molecule has 0 spiro atoms. The van der Waals surface area contributed by atoms with Crippen molar-refractivity contribution in [1.82, 2.24) is 15.5 Å². The van der Waals surface area contributed by atoms with Crippen LogP contribution in [-0.2, 0) is 6.54 Å². The molecule has 1 aromatic carbocycles. The lowest BCUT2D eigenvalue weighted by molar-refractivity contribution is 0.0946. The minimum absolute atomic E-state index is 0.187. The molecule has 1 amide bonds. The Bertz CT molecular complexity index is 787. The van der Waals surface area contributed by atoms with Gasteiger partial charge in [-0.25, -0.2) is 0 Å². The van der Waals surface area contributed by atoms with Gasteiger partial charge in [0.05, 0.1) is 5.69 Å². The summed E-state index contributed by atoms with van der Waals surface area (Å²) < 4.78 is 5.44. The number of carbonyl (C=O) groups excluding carboxylic acids is 1. The van der Waals surface area contributed by atoms with Crippen molar-refractivity contribution in [2.45, 2.75) is 20.4 Å². The second-order valence-electron chi connectivity index (χ2n) is 5.15. The largest absolute Gasteiger partial charge is 0.466 e. The van der Waals surface area contributed by atoms with E-state index >= 15 is 0 Å². The van der Waals surface area contributed by atoms with Gasteiger partial charge in [-0.2, -0.15) is 5.10 Å². The third-order valence-corrected chi connectivity index (χ3v) is 3.48. The monoisotopic (exact) mass is 295 g/mol. The van der Waals surface area contributed by atoms with Gasteiger partial charge in [-0.05, 0) is 26.0 Å². The summed E-state index contributed by atoms with van der Waals surface area (Å²) in [6.45, 7) is 4.21. The summed E-state index contributed by atoms with van der Waals surface area (Å²) in [5.41, 5.74) is 3.14. The molecule has 0 saturated heterocycles. The van der Waals surface area contributed by atoms with Crippen LogP contribution in [0.3, 0.4) is 0 Å². The average Bonchev–Trinajstić information content (AvgIpc) is 3.12. The summed E-state index contributed by atoms with van der Waals surface area (Å²) in [5, 5.41) is 9.82. The van der Waals surface area contributed by atoms with E-state index in [-0.39, 0.29) is 5.91 Å². The Balaban J connectivity index is 1.68. The minimum Gasteiger partial charge on any atom is -0.466 e. The molecule has 0 aliphatic rings. The number of nitrogens with zero attached hydrogens (tertiary/aromatic N) is 1. The van der Waals surface area contributed by atoms with Crippen molar-refractivity contribution < 1.29 is 9.21 Å². The molecule has 3 aromatic rings. The minimum atomic E-state index is -0.187. The van der Waals surface area contributed by atoms with Crippen LogP contribution in [0, 0.1) is 13.8 Å². The van der Waals surface area contributed by atoms with Crippen molar-refractivity contribution in [3.63, 3.8) is 0 Å². The van der Waals surface area contributed by atoms with Crippen LogP contribution in [0.4, 0.5) is 0 Å². The number of aromatic amines is 1. The normalized spacial score (nSPS) is 10.6. The van der Waals surface area contributed by atoms with Crippen LogP contribution in [0.2, 0.25) is 0 Å². The summed E-state index contributed by atoms with van der Waals surface area (Å²) >= 11 is 0. The van der Waals surface area contributed by atoms with Crippen LogP contribution < -0.4 is 5.32 Å². The van der Waals surface area contributed by atoms with Gasteiger partial charge >= 0.3 is 0 Å². The highest BCUT2D eigenvalue weighted by Gasteiger charge is 2.12. The molecule has 0 aliphatic carbocycles. The molecule has 22 heavy (non-hydrogen) atoms. The van der Waals surface area contributed by atoms with E-state index in [1.165, 1.54) is 0 Å². The first-order valence-electron chi connectivity index (χ1n) is 7.08. The van der Waals surface area contributed by atoms with E-state index < -0.39 is 0 Å². The zero-order valence-electron chi connectivity index (χ0n) is 12.5. The average molecular weight is 295 g/mol. The van der Waals surface area contributed by atoms with Crippen LogP contribution >= 0.6 is 0 Å². The quantitative estimate of drug-likeness (QED) is 0.776. The summed E-state index contributed by atoms with van der Waals surface area (Å²) in [7, 11) is 0. The maximum Gasteiger partial charge on any atom is 0.269 e. The number of aromatic nitrogens is 2. The van der Waals surface area contributed by atoms with E-state index in [4.69, 9.17) is 4.42 Å². The molecule has 2 N–H and O–H groups in total. The summed E-state index contributed by atoms with van der Waals surface area (Å²) in [6, 6.07) is 13.4. The zero-order valence-corrected chi connectivity index (χ0v) is 12.5. The number of amides is 1. The first kappa shape index (κ1) is 14.1. The number of hydrogen-bond acceptors (Lipinski definition) is 3. The van der Waals surface area contributed by atoms with Crippen LogP contribution in [0.25, 0.3) is 11.3 Å². The second kappa shape index (κ2) is 5.89. The second-order valence-corrected chi connectivity index (χ2v) is 5.15. The van der Waals surface area contributed by atoms with E-state index in [2.05, 4.69) is 15.5 Å².